The Balaban J connectivity index is 1.28. The number of methoxy groups -OCH3 is 2. The molecule has 3 aromatic carbocycles. The van der Waals surface area contributed by atoms with Gasteiger partial charge in [-0.05, 0) is 59.7 Å². The third-order valence-electron chi connectivity index (χ3n) is 15.5. The van der Waals surface area contributed by atoms with Crippen LogP contribution in [0.3, 0.4) is 0 Å². The summed E-state index contributed by atoms with van der Waals surface area (Å²) < 4.78 is 88.1. The van der Waals surface area contributed by atoms with E-state index in [0.717, 1.165) is 19.1 Å². The predicted molar refractivity (Wildman–Crippen MR) is 301 cm³/mol. The van der Waals surface area contributed by atoms with Crippen LogP contribution in [0, 0.1) is 0 Å². The second kappa shape index (κ2) is 32.2. The Kier molecular flexibility index (Phi) is 25.0. The minimum absolute atomic E-state index is 0.00886. The number of benzene rings is 3. The van der Waals surface area contributed by atoms with Crippen LogP contribution in [-0.2, 0) is 76.0 Å². The Morgan fingerprint density at radius 1 is 0.495 bits per heavy atom. The van der Waals surface area contributed by atoms with Gasteiger partial charge in [-0.1, -0.05) is 30.3 Å². The van der Waals surface area contributed by atoms with E-state index in [-0.39, 0.29) is 39.7 Å². The molecular formula is C59H74O34. The van der Waals surface area contributed by atoms with E-state index in [9.17, 15) is 95.8 Å². The number of hydrogen-bond donors (Lipinski definition) is 15. The number of phenolic OH excluding ortho intramolecular Hbond substituents is 2. The van der Waals surface area contributed by atoms with Crippen LogP contribution in [0.2, 0.25) is 0 Å². The summed E-state index contributed by atoms with van der Waals surface area (Å²) in [4.78, 5) is 54.5. The van der Waals surface area contributed by atoms with Crippen molar-refractivity contribution in [2.75, 3.05) is 53.9 Å². The number of esters is 4. The molecule has 5 fully saturated rings. The van der Waals surface area contributed by atoms with Crippen LogP contribution >= 0.6 is 0 Å². The molecule has 0 spiro atoms. The van der Waals surface area contributed by atoms with Crippen LogP contribution in [0.15, 0.2) is 78.9 Å². The largest absolute Gasteiger partial charge is 0.504 e. The summed E-state index contributed by atoms with van der Waals surface area (Å²) >= 11 is 0. The summed E-state index contributed by atoms with van der Waals surface area (Å²) in [6.45, 7) is -5.65. The Labute approximate surface area is 527 Å². The fourth-order valence-electron chi connectivity index (χ4n) is 10.6. The van der Waals surface area contributed by atoms with E-state index in [1.165, 1.54) is 87.0 Å². The molecule has 24 atom stereocenters. The SMILES string of the molecule is COc1cc(C=CC(=O)OC[C@@]2(O[C@H]3O[C@H](CO)[C@H](OC(=O)C=Cc4ccc(O)c(OC)c4)[C@H](O[C@H]4O[C@@H](COC(C)=O)[C@@H](O)[C@H](O[C@@H]5O[C@@H](CO)[C@H](O)[C@@H](O)[C@@H]5O)[C@@H]4O)[C@@H]3O[C@H]3O[C@@H](CO)[C@H](O)[C@@H](O)[C@@H]3O)O[C@@H](CO)[C@H](O)[C@@H]2OC(=O)c2ccccc2)ccc1O. The van der Waals surface area contributed by atoms with Crippen LogP contribution < -0.4 is 9.47 Å². The van der Waals surface area contributed by atoms with Crippen molar-refractivity contribution in [1.29, 1.82) is 0 Å². The lowest BCUT2D eigenvalue weighted by Gasteiger charge is -2.51. The van der Waals surface area contributed by atoms with Gasteiger partial charge in [0.15, 0.2) is 60.4 Å². The van der Waals surface area contributed by atoms with Gasteiger partial charge in [-0.3, -0.25) is 4.79 Å². The number of rotatable bonds is 25. The van der Waals surface area contributed by atoms with Crippen LogP contribution in [0.1, 0.15) is 28.4 Å². The molecule has 5 saturated heterocycles. The number of aliphatic hydroxyl groups excluding tert-OH is 13. The highest BCUT2D eigenvalue weighted by Crippen LogP contribution is 2.43. The number of carbonyl (C=O) groups is 4. The fourth-order valence-corrected chi connectivity index (χ4v) is 10.6. The molecule has 0 saturated carbocycles. The highest BCUT2D eigenvalue weighted by Gasteiger charge is 2.64. The molecule has 0 unspecified atom stereocenters. The van der Waals surface area contributed by atoms with Gasteiger partial charge in [0.05, 0.1) is 46.2 Å². The third kappa shape index (κ3) is 16.7. The molecule has 5 aliphatic rings. The lowest BCUT2D eigenvalue weighted by molar-refractivity contribution is -0.423. The number of ether oxygens (including phenoxy) is 15. The van der Waals surface area contributed by atoms with Gasteiger partial charge in [0.25, 0.3) is 0 Å². The maximum absolute atomic E-state index is 14.3. The number of aromatic hydroxyl groups is 2. The molecule has 8 rings (SSSR count). The molecule has 0 bridgehead atoms. The van der Waals surface area contributed by atoms with Crippen LogP contribution in [0.5, 0.6) is 23.0 Å². The van der Waals surface area contributed by atoms with Crippen molar-refractivity contribution in [3.8, 4) is 23.0 Å². The van der Waals surface area contributed by atoms with E-state index in [4.69, 9.17) is 71.1 Å². The van der Waals surface area contributed by atoms with E-state index in [2.05, 4.69) is 0 Å². The standard InChI is InChI=1S/C59H74O34/c1-25(64)81-23-37-42(71)50(88-55-46(75)44(73)40(69)33(19-60)83-55)48(77)57(86-37)89-51-49(87-39(68)16-12-27-10-14-30(66)32(18-27)80-3)36(22-63)85-58(52(51)90-56-47(76)45(74)41(70)34(20-61)84-56)93-59(24-82-38(67)15-11-26-9-13-29(65)31(17-26)79-2)53(43(72)35(21-62)92-59)91-54(78)28-7-5-4-6-8-28/h4-18,33-37,40-53,55-58,60-63,65-66,69-77H,19-24H2,1-3H3/t33-,34-,35-,36+,37-,40-,41-,42+,43-,44+,45+,46-,47-,48-,49-,50-,51-,52-,53-,55-,56+,57+,58+,59-/m0/s1. The zero-order valence-electron chi connectivity index (χ0n) is 49.6. The van der Waals surface area contributed by atoms with E-state index >= 15 is 0 Å². The van der Waals surface area contributed by atoms with Crippen molar-refractivity contribution >= 4 is 36.0 Å². The molecule has 93 heavy (non-hydrogen) atoms. The Morgan fingerprint density at radius 3 is 1.52 bits per heavy atom. The van der Waals surface area contributed by atoms with E-state index in [0.29, 0.717) is 0 Å². The molecular weight excluding hydrogens is 1250 g/mol. The second-order valence-corrected chi connectivity index (χ2v) is 21.7. The molecule has 5 heterocycles. The van der Waals surface area contributed by atoms with Crippen molar-refractivity contribution < 1.29 is 167 Å². The van der Waals surface area contributed by atoms with Gasteiger partial charge in [0, 0.05) is 19.1 Å². The maximum Gasteiger partial charge on any atom is 0.338 e. The first-order chi connectivity index (χ1) is 44.4. The molecule has 5 aliphatic heterocycles. The average Bonchev–Trinajstić information content (AvgIpc) is 1.72. The Hall–Kier alpha value is -6.66. The second-order valence-electron chi connectivity index (χ2n) is 21.7. The monoisotopic (exact) mass is 1330 g/mol. The smallest absolute Gasteiger partial charge is 0.338 e. The first-order valence-electron chi connectivity index (χ1n) is 28.8. The first kappa shape index (κ1) is 72.2. The summed E-state index contributed by atoms with van der Waals surface area (Å²) in [7, 11) is 2.52. The number of hydrogen-bond acceptors (Lipinski definition) is 34. The number of aliphatic hydroxyl groups is 13. The van der Waals surface area contributed by atoms with Crippen molar-refractivity contribution in [1.82, 2.24) is 0 Å². The van der Waals surface area contributed by atoms with Crippen molar-refractivity contribution in [2.45, 2.75) is 154 Å². The number of carbonyl (C=O) groups excluding carboxylic acids is 4. The fraction of sp³-hybridized carbons (Fsp3) is 0.559. The quantitative estimate of drug-likeness (QED) is 0.0214. The minimum atomic E-state index is -3.00. The summed E-state index contributed by atoms with van der Waals surface area (Å²) in [5.74, 6) is -8.27. The molecule has 15 N–H and O–H groups in total. The molecule has 34 nitrogen and oxygen atoms in total. The van der Waals surface area contributed by atoms with Crippen LogP contribution in [-0.4, -0.2) is 301 Å². The zero-order chi connectivity index (χ0) is 67.6. The summed E-state index contributed by atoms with van der Waals surface area (Å²) in [5.41, 5.74) is 0.343. The molecule has 34 heteroatoms. The van der Waals surface area contributed by atoms with E-state index in [1.807, 2.05) is 0 Å². The lowest BCUT2D eigenvalue weighted by Crippen LogP contribution is -2.69. The minimum Gasteiger partial charge on any atom is -0.504 e. The van der Waals surface area contributed by atoms with Crippen LogP contribution in [0.25, 0.3) is 12.2 Å². The molecule has 0 aliphatic carbocycles. The Morgan fingerprint density at radius 2 is 0.989 bits per heavy atom. The van der Waals surface area contributed by atoms with Gasteiger partial charge in [0.1, 0.15) is 117 Å². The van der Waals surface area contributed by atoms with Gasteiger partial charge >= 0.3 is 23.9 Å². The average molecular weight is 1330 g/mol. The van der Waals surface area contributed by atoms with Gasteiger partial charge in [0.2, 0.25) is 5.79 Å². The van der Waals surface area contributed by atoms with E-state index < -0.39 is 210 Å². The molecule has 0 aromatic heterocycles. The number of phenols is 2. The predicted octanol–water partition coefficient (Wildman–Crippen LogP) is -5.53. The van der Waals surface area contributed by atoms with Crippen molar-refractivity contribution in [2.24, 2.45) is 0 Å². The zero-order valence-corrected chi connectivity index (χ0v) is 49.6. The summed E-state index contributed by atoms with van der Waals surface area (Å²) in [6.07, 6.45) is -45.6. The highest BCUT2D eigenvalue weighted by atomic mass is 16.8. The van der Waals surface area contributed by atoms with E-state index in [1.54, 1.807) is 6.07 Å². The molecule has 3 aromatic rings. The lowest BCUT2D eigenvalue weighted by atomic mass is 9.95. The van der Waals surface area contributed by atoms with Gasteiger partial charge in [-0.2, -0.15) is 0 Å². The van der Waals surface area contributed by atoms with Crippen molar-refractivity contribution in [3.63, 3.8) is 0 Å². The maximum atomic E-state index is 14.3. The van der Waals surface area contributed by atoms with Gasteiger partial charge in [-0.15, -0.1) is 0 Å². The highest BCUT2D eigenvalue weighted by molar-refractivity contribution is 5.90. The first-order valence-corrected chi connectivity index (χ1v) is 28.8. The topological polar surface area (TPSA) is 510 Å². The molecule has 514 valence electrons. The summed E-state index contributed by atoms with van der Waals surface area (Å²) in [5, 5.41) is 165. The molecule has 0 radical (unpaired) electrons. The Bertz CT molecular complexity index is 3020. The van der Waals surface area contributed by atoms with Crippen molar-refractivity contribution in [3.05, 3.63) is 95.6 Å². The van der Waals surface area contributed by atoms with Gasteiger partial charge < -0.3 is 148 Å². The third-order valence-corrected chi connectivity index (χ3v) is 15.5. The normalized spacial score (nSPS) is 36.3. The van der Waals surface area contributed by atoms with Crippen LogP contribution in [0.4, 0.5) is 0 Å². The summed E-state index contributed by atoms with van der Waals surface area (Å²) in [6, 6.07) is 14.9. The molecule has 0 amide bonds. The van der Waals surface area contributed by atoms with Gasteiger partial charge in [-0.25, -0.2) is 14.4 Å².